The lowest BCUT2D eigenvalue weighted by Crippen LogP contribution is -2.30. The van der Waals surface area contributed by atoms with Crippen molar-refractivity contribution in [3.63, 3.8) is 0 Å². The van der Waals surface area contributed by atoms with E-state index in [-0.39, 0.29) is 18.6 Å². The normalized spacial score (nSPS) is 10.4. The fourth-order valence-electron chi connectivity index (χ4n) is 1.24. The van der Waals surface area contributed by atoms with Crippen LogP contribution in [0.4, 0.5) is 10.8 Å². The van der Waals surface area contributed by atoms with Crippen LogP contribution in [0.15, 0.2) is 0 Å². The number of nitrogens with one attached hydrogen (secondary N) is 2. The molecule has 0 radical (unpaired) electrons. The summed E-state index contributed by atoms with van der Waals surface area (Å²) in [5, 5.41) is 6.46. The van der Waals surface area contributed by atoms with Crippen LogP contribution in [0, 0.1) is 0 Å². The first-order valence-electron chi connectivity index (χ1n) is 5.97. The number of carbonyl (C=O) groups excluding carboxylic acids is 1. The van der Waals surface area contributed by atoms with Crippen LogP contribution in [0.5, 0.6) is 5.75 Å². The standard InChI is InChI=1S/C11H20N4O2S/c1-4-5-13-8(16)6-14-11-9(17-7(2)3)10(12)15-18-11/h7,14H,4-6H2,1-3H3,(H2,12,15)(H,13,16). The molecule has 0 aliphatic heterocycles. The summed E-state index contributed by atoms with van der Waals surface area (Å²) in [5.41, 5.74) is 5.71. The van der Waals surface area contributed by atoms with E-state index in [9.17, 15) is 4.79 Å². The number of nitrogens with two attached hydrogens (primary N) is 1. The molecule has 7 heteroatoms. The molecule has 0 bridgehead atoms. The van der Waals surface area contributed by atoms with Gasteiger partial charge >= 0.3 is 0 Å². The van der Waals surface area contributed by atoms with E-state index in [0.717, 1.165) is 6.42 Å². The molecule has 0 saturated heterocycles. The molecule has 6 nitrogen and oxygen atoms in total. The third kappa shape index (κ3) is 4.40. The second-order valence-corrected chi connectivity index (χ2v) is 4.87. The summed E-state index contributed by atoms with van der Waals surface area (Å²) in [5.74, 6) is 0.822. The van der Waals surface area contributed by atoms with Crippen LogP contribution in [0.3, 0.4) is 0 Å². The van der Waals surface area contributed by atoms with Gasteiger partial charge in [0.05, 0.1) is 12.6 Å². The fraction of sp³-hybridized carbons (Fsp3) is 0.636. The maximum atomic E-state index is 11.5. The van der Waals surface area contributed by atoms with Crippen molar-refractivity contribution in [1.82, 2.24) is 9.69 Å². The summed E-state index contributed by atoms with van der Waals surface area (Å²) in [6.45, 7) is 6.70. The molecular weight excluding hydrogens is 252 g/mol. The van der Waals surface area contributed by atoms with E-state index in [1.54, 1.807) is 0 Å². The van der Waals surface area contributed by atoms with Crippen molar-refractivity contribution >= 4 is 28.3 Å². The molecule has 102 valence electrons. The zero-order chi connectivity index (χ0) is 13.5. The Balaban J connectivity index is 2.54. The first-order valence-corrected chi connectivity index (χ1v) is 6.74. The minimum Gasteiger partial charge on any atom is -0.484 e. The molecule has 1 heterocycles. The minimum atomic E-state index is -0.0562. The van der Waals surface area contributed by atoms with E-state index in [1.165, 1.54) is 11.5 Å². The number of hydrogen-bond donors (Lipinski definition) is 3. The van der Waals surface area contributed by atoms with E-state index >= 15 is 0 Å². The van der Waals surface area contributed by atoms with Gasteiger partial charge in [0.25, 0.3) is 0 Å². The molecule has 0 fully saturated rings. The Labute approximate surface area is 111 Å². The third-order valence-corrected chi connectivity index (χ3v) is 2.81. The Morgan fingerprint density at radius 2 is 2.28 bits per heavy atom. The topological polar surface area (TPSA) is 89.3 Å². The lowest BCUT2D eigenvalue weighted by Gasteiger charge is -2.11. The minimum absolute atomic E-state index is 0.0122. The van der Waals surface area contributed by atoms with Gasteiger partial charge in [0.1, 0.15) is 0 Å². The summed E-state index contributed by atoms with van der Waals surface area (Å²) >= 11 is 1.19. The van der Waals surface area contributed by atoms with Gasteiger partial charge in [-0.2, -0.15) is 4.37 Å². The maximum absolute atomic E-state index is 11.5. The Morgan fingerprint density at radius 1 is 1.56 bits per heavy atom. The van der Waals surface area contributed by atoms with Gasteiger partial charge in [0, 0.05) is 6.54 Å². The molecule has 0 aromatic carbocycles. The van der Waals surface area contributed by atoms with E-state index in [0.29, 0.717) is 23.1 Å². The van der Waals surface area contributed by atoms with Crippen molar-refractivity contribution in [2.45, 2.75) is 33.3 Å². The molecule has 0 aliphatic rings. The van der Waals surface area contributed by atoms with Crippen LogP contribution >= 0.6 is 11.5 Å². The van der Waals surface area contributed by atoms with Gasteiger partial charge in [-0.05, 0) is 31.8 Å². The van der Waals surface area contributed by atoms with Gasteiger partial charge in [0.15, 0.2) is 16.6 Å². The molecule has 0 atom stereocenters. The number of hydrogen-bond acceptors (Lipinski definition) is 6. The molecule has 4 N–H and O–H groups in total. The highest BCUT2D eigenvalue weighted by molar-refractivity contribution is 7.11. The Morgan fingerprint density at radius 3 is 2.89 bits per heavy atom. The average molecular weight is 272 g/mol. The van der Waals surface area contributed by atoms with Crippen molar-refractivity contribution in [3.05, 3.63) is 0 Å². The maximum Gasteiger partial charge on any atom is 0.239 e. The highest BCUT2D eigenvalue weighted by atomic mass is 32.1. The number of nitrogen functional groups attached to an aromatic ring is 1. The number of carbonyl (C=O) groups is 1. The molecule has 18 heavy (non-hydrogen) atoms. The van der Waals surface area contributed by atoms with Crippen LogP contribution in [-0.4, -0.2) is 29.5 Å². The molecular formula is C11H20N4O2S. The van der Waals surface area contributed by atoms with Crippen LogP contribution in [-0.2, 0) is 4.79 Å². The first-order chi connectivity index (χ1) is 8.54. The van der Waals surface area contributed by atoms with E-state index in [1.807, 2.05) is 20.8 Å². The zero-order valence-corrected chi connectivity index (χ0v) is 11.8. The average Bonchev–Trinajstić information content (AvgIpc) is 2.65. The zero-order valence-electron chi connectivity index (χ0n) is 10.9. The van der Waals surface area contributed by atoms with Crippen LogP contribution in [0.1, 0.15) is 27.2 Å². The second-order valence-electron chi connectivity index (χ2n) is 4.10. The number of ether oxygens (including phenoxy) is 1. The lowest BCUT2D eigenvalue weighted by atomic mass is 10.4. The molecule has 0 unspecified atom stereocenters. The Hall–Kier alpha value is -1.50. The summed E-state index contributed by atoms with van der Waals surface area (Å²) in [4.78, 5) is 11.5. The van der Waals surface area contributed by atoms with Gasteiger partial charge in [-0.15, -0.1) is 0 Å². The number of rotatable bonds is 7. The molecule has 0 spiro atoms. The lowest BCUT2D eigenvalue weighted by molar-refractivity contribution is -0.119. The first kappa shape index (κ1) is 14.6. The fourth-order valence-corrected chi connectivity index (χ4v) is 1.89. The number of aromatic nitrogens is 1. The van der Waals surface area contributed by atoms with Gasteiger partial charge in [0.2, 0.25) is 5.91 Å². The Kier molecular flexibility index (Phi) is 5.70. The van der Waals surface area contributed by atoms with Crippen molar-refractivity contribution in [2.75, 3.05) is 24.1 Å². The number of nitrogens with zero attached hydrogens (tertiary/aromatic N) is 1. The van der Waals surface area contributed by atoms with E-state index in [4.69, 9.17) is 10.5 Å². The molecule has 1 aromatic heterocycles. The smallest absolute Gasteiger partial charge is 0.239 e. The van der Waals surface area contributed by atoms with Crippen molar-refractivity contribution < 1.29 is 9.53 Å². The molecule has 1 rings (SSSR count). The van der Waals surface area contributed by atoms with Crippen LogP contribution < -0.4 is 21.1 Å². The van der Waals surface area contributed by atoms with Gasteiger partial charge in [-0.1, -0.05) is 6.92 Å². The van der Waals surface area contributed by atoms with Crippen molar-refractivity contribution in [3.8, 4) is 5.75 Å². The van der Waals surface area contributed by atoms with Gasteiger partial charge < -0.3 is 21.1 Å². The monoisotopic (exact) mass is 272 g/mol. The largest absolute Gasteiger partial charge is 0.484 e. The highest BCUT2D eigenvalue weighted by Gasteiger charge is 2.14. The van der Waals surface area contributed by atoms with E-state index < -0.39 is 0 Å². The molecule has 0 aliphatic carbocycles. The molecule has 0 saturated carbocycles. The summed E-state index contributed by atoms with van der Waals surface area (Å²) < 4.78 is 9.57. The summed E-state index contributed by atoms with van der Waals surface area (Å²) in [7, 11) is 0. The predicted molar refractivity (Wildman–Crippen MR) is 74.1 cm³/mol. The van der Waals surface area contributed by atoms with Gasteiger partial charge in [-0.25, -0.2) is 0 Å². The molecule has 1 aromatic rings. The van der Waals surface area contributed by atoms with Crippen molar-refractivity contribution in [1.29, 1.82) is 0 Å². The van der Waals surface area contributed by atoms with E-state index in [2.05, 4.69) is 15.0 Å². The predicted octanol–water partition coefficient (Wildman–Crippen LogP) is 1.45. The quantitative estimate of drug-likeness (QED) is 0.699. The van der Waals surface area contributed by atoms with Crippen molar-refractivity contribution in [2.24, 2.45) is 0 Å². The van der Waals surface area contributed by atoms with Crippen LogP contribution in [0.25, 0.3) is 0 Å². The Bertz CT molecular complexity index is 392. The second kappa shape index (κ2) is 7.05. The molecule has 1 amide bonds. The van der Waals surface area contributed by atoms with Crippen LogP contribution in [0.2, 0.25) is 0 Å². The summed E-state index contributed by atoms with van der Waals surface area (Å²) in [6.07, 6.45) is 0.930. The third-order valence-electron chi connectivity index (χ3n) is 2.01. The van der Waals surface area contributed by atoms with Gasteiger partial charge in [-0.3, -0.25) is 4.79 Å². The highest BCUT2D eigenvalue weighted by Crippen LogP contribution is 2.35. The SMILES string of the molecule is CCCNC(=O)CNc1snc(N)c1OC(C)C. The number of amides is 1. The summed E-state index contributed by atoms with van der Waals surface area (Å²) in [6, 6.07) is 0. The number of anilines is 2.